The van der Waals surface area contributed by atoms with Crippen molar-refractivity contribution in [1.29, 1.82) is 0 Å². The number of nitrogens with one attached hydrogen (secondary N) is 1. The van der Waals surface area contributed by atoms with Gasteiger partial charge < -0.3 is 19.7 Å². The van der Waals surface area contributed by atoms with E-state index >= 15 is 0 Å². The zero-order valence-electron chi connectivity index (χ0n) is 16.2. The van der Waals surface area contributed by atoms with Gasteiger partial charge in [0.05, 0.1) is 19.8 Å². The van der Waals surface area contributed by atoms with Gasteiger partial charge in [-0.2, -0.15) is 0 Å². The summed E-state index contributed by atoms with van der Waals surface area (Å²) in [4.78, 5) is 9.80. The fraction of sp³-hybridized carbons (Fsp3) is 0.944. The minimum atomic E-state index is 0. The topological polar surface area (TPSA) is 49.3 Å². The Morgan fingerprint density at radius 1 is 1.28 bits per heavy atom. The Balaban J connectivity index is 0.00000312. The Bertz CT molecular complexity index is 378. The number of hydrogen-bond donors (Lipinski definition) is 1. The second kappa shape index (κ2) is 13.1. The Labute approximate surface area is 170 Å². The third-order valence-electron chi connectivity index (χ3n) is 4.70. The van der Waals surface area contributed by atoms with Crippen LogP contribution in [0.15, 0.2) is 4.99 Å². The highest BCUT2D eigenvalue weighted by atomic mass is 127. The van der Waals surface area contributed by atoms with Crippen molar-refractivity contribution in [3.05, 3.63) is 0 Å². The van der Waals surface area contributed by atoms with Crippen LogP contribution in [-0.2, 0) is 9.47 Å². The molecule has 0 bridgehead atoms. The number of nitrogens with zero attached hydrogens (tertiary/aromatic N) is 3. The van der Waals surface area contributed by atoms with Crippen molar-refractivity contribution in [2.75, 3.05) is 72.2 Å². The monoisotopic (exact) mass is 468 g/mol. The number of halogens is 1. The third-order valence-corrected chi connectivity index (χ3v) is 4.70. The van der Waals surface area contributed by atoms with Gasteiger partial charge in [-0.15, -0.1) is 24.0 Å². The van der Waals surface area contributed by atoms with E-state index in [9.17, 15) is 0 Å². The van der Waals surface area contributed by atoms with Crippen LogP contribution < -0.4 is 5.32 Å². The summed E-state index contributed by atoms with van der Waals surface area (Å²) in [6, 6.07) is 0. The molecule has 6 nitrogen and oxygen atoms in total. The average Bonchev–Trinajstić information content (AvgIpc) is 3.06. The first-order valence-corrected chi connectivity index (χ1v) is 9.64. The molecule has 0 aromatic carbocycles. The molecule has 2 heterocycles. The van der Waals surface area contributed by atoms with Crippen molar-refractivity contribution in [3.8, 4) is 0 Å². The van der Waals surface area contributed by atoms with Crippen molar-refractivity contribution < 1.29 is 9.47 Å². The van der Waals surface area contributed by atoms with Gasteiger partial charge >= 0.3 is 0 Å². The number of guanidine groups is 1. The number of aliphatic imine (C=N–C) groups is 1. The minimum Gasteiger partial charge on any atom is -0.381 e. The quantitative estimate of drug-likeness (QED) is 0.335. The summed E-state index contributed by atoms with van der Waals surface area (Å²) in [6.07, 6.45) is 1.20. The molecule has 2 fully saturated rings. The predicted octanol–water partition coefficient (Wildman–Crippen LogP) is 1.90. The zero-order valence-corrected chi connectivity index (χ0v) is 18.5. The summed E-state index contributed by atoms with van der Waals surface area (Å²) in [5.41, 5.74) is 0. The first-order valence-electron chi connectivity index (χ1n) is 9.64. The van der Waals surface area contributed by atoms with Gasteiger partial charge in [0.1, 0.15) is 0 Å². The zero-order chi connectivity index (χ0) is 17.2. The van der Waals surface area contributed by atoms with Gasteiger partial charge in [0.15, 0.2) is 5.96 Å². The molecule has 2 unspecified atom stereocenters. The lowest BCUT2D eigenvalue weighted by Gasteiger charge is -2.29. The van der Waals surface area contributed by atoms with Crippen LogP contribution in [0, 0.1) is 11.8 Å². The molecule has 25 heavy (non-hydrogen) atoms. The minimum absolute atomic E-state index is 0. The maximum Gasteiger partial charge on any atom is 0.193 e. The van der Waals surface area contributed by atoms with Gasteiger partial charge in [0, 0.05) is 58.3 Å². The second-order valence-electron chi connectivity index (χ2n) is 6.97. The van der Waals surface area contributed by atoms with Gasteiger partial charge in [-0.25, -0.2) is 0 Å². The fourth-order valence-electron chi connectivity index (χ4n) is 3.40. The van der Waals surface area contributed by atoms with Gasteiger partial charge in [0.25, 0.3) is 0 Å². The maximum atomic E-state index is 5.59. The molecular weight excluding hydrogens is 431 g/mol. The number of rotatable bonds is 8. The number of hydrogen-bond acceptors (Lipinski definition) is 4. The molecule has 2 saturated heterocycles. The normalized spacial score (nSPS) is 23.4. The van der Waals surface area contributed by atoms with Crippen LogP contribution in [0.1, 0.15) is 27.2 Å². The molecule has 0 saturated carbocycles. The highest BCUT2D eigenvalue weighted by Gasteiger charge is 2.25. The van der Waals surface area contributed by atoms with Crippen LogP contribution >= 0.6 is 24.0 Å². The van der Waals surface area contributed by atoms with E-state index in [2.05, 4.69) is 35.9 Å². The smallest absolute Gasteiger partial charge is 0.193 e. The van der Waals surface area contributed by atoms with Gasteiger partial charge in [0.2, 0.25) is 0 Å². The van der Waals surface area contributed by atoms with Crippen molar-refractivity contribution in [1.82, 2.24) is 15.1 Å². The Kier molecular flexibility index (Phi) is 12.0. The van der Waals surface area contributed by atoms with Crippen LogP contribution in [0.4, 0.5) is 0 Å². The van der Waals surface area contributed by atoms with E-state index in [-0.39, 0.29) is 24.0 Å². The number of ether oxygens (including phenoxy) is 2. The summed E-state index contributed by atoms with van der Waals surface area (Å²) >= 11 is 0. The standard InChI is InChI=1S/C18H36N4O2.HI/c1-4-19-18(22-7-6-17(14-22)15-23-5-2)20-12-16(3)13-21-8-10-24-11-9-21;/h16-17H,4-15H2,1-3H3,(H,19,20);1H. The van der Waals surface area contributed by atoms with Crippen molar-refractivity contribution >= 4 is 29.9 Å². The Hall–Kier alpha value is -0.120. The van der Waals surface area contributed by atoms with Gasteiger partial charge in [-0.3, -0.25) is 9.89 Å². The van der Waals surface area contributed by atoms with Crippen molar-refractivity contribution in [2.24, 2.45) is 16.8 Å². The van der Waals surface area contributed by atoms with Crippen molar-refractivity contribution in [2.45, 2.75) is 27.2 Å². The van der Waals surface area contributed by atoms with Crippen LogP contribution in [-0.4, -0.2) is 88.0 Å². The highest BCUT2D eigenvalue weighted by Crippen LogP contribution is 2.17. The van der Waals surface area contributed by atoms with E-state index in [1.807, 2.05) is 0 Å². The van der Waals surface area contributed by atoms with Crippen LogP contribution in [0.5, 0.6) is 0 Å². The molecule has 0 aliphatic carbocycles. The SMILES string of the molecule is CCNC(=NCC(C)CN1CCOCC1)N1CCC(COCC)C1.I. The first-order chi connectivity index (χ1) is 11.7. The van der Waals surface area contributed by atoms with Crippen LogP contribution in [0.2, 0.25) is 0 Å². The lowest BCUT2D eigenvalue weighted by Crippen LogP contribution is -2.41. The Morgan fingerprint density at radius 3 is 2.72 bits per heavy atom. The summed E-state index contributed by atoms with van der Waals surface area (Å²) in [7, 11) is 0. The molecule has 0 amide bonds. The molecule has 2 rings (SSSR count). The van der Waals surface area contributed by atoms with Gasteiger partial charge in [-0.05, 0) is 26.2 Å². The molecule has 7 heteroatoms. The number of morpholine rings is 1. The van der Waals surface area contributed by atoms with Crippen LogP contribution in [0.25, 0.3) is 0 Å². The third kappa shape index (κ3) is 8.41. The molecule has 1 N–H and O–H groups in total. The lowest BCUT2D eigenvalue weighted by molar-refractivity contribution is 0.0323. The maximum absolute atomic E-state index is 5.59. The largest absolute Gasteiger partial charge is 0.381 e. The Morgan fingerprint density at radius 2 is 2.04 bits per heavy atom. The van der Waals surface area contributed by atoms with E-state index in [0.717, 1.165) is 78.2 Å². The molecule has 0 aromatic rings. The molecule has 148 valence electrons. The van der Waals surface area contributed by atoms with Crippen LogP contribution in [0.3, 0.4) is 0 Å². The van der Waals surface area contributed by atoms with E-state index in [4.69, 9.17) is 14.5 Å². The summed E-state index contributed by atoms with van der Waals surface area (Å²) in [5, 5.41) is 3.46. The summed E-state index contributed by atoms with van der Waals surface area (Å²) in [6.45, 7) is 17.1. The van der Waals surface area contributed by atoms with Gasteiger partial charge in [-0.1, -0.05) is 6.92 Å². The van der Waals surface area contributed by atoms with Crippen molar-refractivity contribution in [3.63, 3.8) is 0 Å². The molecule has 2 aliphatic rings. The second-order valence-corrected chi connectivity index (χ2v) is 6.97. The molecule has 2 atom stereocenters. The summed E-state index contributed by atoms with van der Waals surface area (Å²) < 4.78 is 11.0. The average molecular weight is 468 g/mol. The van der Waals surface area contributed by atoms with E-state index in [1.165, 1.54) is 6.42 Å². The molecule has 0 spiro atoms. The molecule has 0 radical (unpaired) electrons. The predicted molar refractivity (Wildman–Crippen MR) is 114 cm³/mol. The lowest BCUT2D eigenvalue weighted by atomic mass is 10.1. The fourth-order valence-corrected chi connectivity index (χ4v) is 3.40. The van der Waals surface area contributed by atoms with E-state index in [0.29, 0.717) is 11.8 Å². The van der Waals surface area contributed by atoms with E-state index < -0.39 is 0 Å². The molecular formula is C18H37IN4O2. The molecule has 0 aromatic heterocycles. The first kappa shape index (κ1) is 22.9. The summed E-state index contributed by atoms with van der Waals surface area (Å²) in [5.74, 6) is 2.28. The number of likely N-dealkylation sites (tertiary alicyclic amines) is 1. The highest BCUT2D eigenvalue weighted by molar-refractivity contribution is 14.0. The molecule has 2 aliphatic heterocycles. The van der Waals surface area contributed by atoms with E-state index in [1.54, 1.807) is 0 Å².